The van der Waals surface area contributed by atoms with Gasteiger partial charge in [0.15, 0.2) is 6.10 Å². The van der Waals surface area contributed by atoms with Gasteiger partial charge in [-0.1, -0.05) is 23.2 Å². The summed E-state index contributed by atoms with van der Waals surface area (Å²) in [5, 5.41) is 3.42. The Morgan fingerprint density at radius 1 is 1.14 bits per heavy atom. The maximum Gasteiger partial charge on any atom is 0.265 e. The maximum absolute atomic E-state index is 12.8. The molecule has 6 heteroatoms. The first-order valence-corrected chi connectivity index (χ1v) is 6.89. The van der Waals surface area contributed by atoms with Gasteiger partial charge in [-0.2, -0.15) is 0 Å². The second-order valence-electron chi connectivity index (χ2n) is 4.33. The lowest BCUT2D eigenvalue weighted by atomic mass is 10.3. The average Bonchev–Trinajstić information content (AvgIpc) is 2.45. The van der Waals surface area contributed by atoms with E-state index in [1.807, 2.05) is 0 Å². The van der Waals surface area contributed by atoms with Gasteiger partial charge in [0.2, 0.25) is 0 Å². The summed E-state index contributed by atoms with van der Waals surface area (Å²) in [5.74, 6) is -0.304. The van der Waals surface area contributed by atoms with Crippen LogP contribution in [0.5, 0.6) is 5.75 Å². The first kappa shape index (κ1) is 15.6. The van der Waals surface area contributed by atoms with E-state index in [2.05, 4.69) is 5.32 Å². The van der Waals surface area contributed by atoms with Gasteiger partial charge in [-0.05, 0) is 49.4 Å². The Morgan fingerprint density at radius 3 is 2.43 bits per heavy atom. The van der Waals surface area contributed by atoms with Crippen LogP contribution in [0, 0.1) is 5.82 Å². The number of nitrogens with one attached hydrogen (secondary N) is 1. The molecule has 0 saturated carbocycles. The fourth-order valence-electron chi connectivity index (χ4n) is 1.59. The number of carbonyl (C=O) groups excluding carboxylic acids is 1. The molecule has 0 heterocycles. The first-order valence-electron chi connectivity index (χ1n) is 6.14. The number of ether oxygens (including phenoxy) is 1. The van der Waals surface area contributed by atoms with Crippen molar-refractivity contribution >= 4 is 34.8 Å². The fourth-order valence-corrected chi connectivity index (χ4v) is 1.89. The number of benzene rings is 2. The normalized spacial score (nSPS) is 11.8. The molecule has 1 atom stereocenters. The molecular weight excluding hydrogens is 316 g/mol. The van der Waals surface area contributed by atoms with E-state index in [0.29, 0.717) is 21.5 Å². The van der Waals surface area contributed by atoms with Gasteiger partial charge in [0, 0.05) is 5.69 Å². The van der Waals surface area contributed by atoms with Crippen LogP contribution in [0.4, 0.5) is 10.1 Å². The zero-order valence-corrected chi connectivity index (χ0v) is 12.6. The Bertz CT molecular complexity index is 647. The van der Waals surface area contributed by atoms with Crippen LogP contribution in [-0.2, 0) is 4.79 Å². The summed E-state index contributed by atoms with van der Waals surface area (Å²) in [6.45, 7) is 1.59. The zero-order valence-electron chi connectivity index (χ0n) is 11.1. The Hall–Kier alpha value is -1.78. The van der Waals surface area contributed by atoms with E-state index >= 15 is 0 Å². The number of carbonyl (C=O) groups is 1. The van der Waals surface area contributed by atoms with Gasteiger partial charge in [-0.15, -0.1) is 0 Å². The molecule has 21 heavy (non-hydrogen) atoms. The Morgan fingerprint density at radius 2 is 1.81 bits per heavy atom. The number of amides is 1. The molecule has 0 saturated heterocycles. The lowest BCUT2D eigenvalue weighted by Crippen LogP contribution is -2.30. The van der Waals surface area contributed by atoms with E-state index in [9.17, 15) is 9.18 Å². The van der Waals surface area contributed by atoms with Crippen LogP contribution in [0.3, 0.4) is 0 Å². The number of halogens is 3. The van der Waals surface area contributed by atoms with Crippen LogP contribution < -0.4 is 10.1 Å². The molecule has 0 aliphatic heterocycles. The van der Waals surface area contributed by atoms with Gasteiger partial charge in [0.05, 0.1) is 10.0 Å². The van der Waals surface area contributed by atoms with Crippen molar-refractivity contribution in [1.82, 2.24) is 0 Å². The van der Waals surface area contributed by atoms with Crippen molar-refractivity contribution < 1.29 is 13.9 Å². The Labute approximate surface area is 131 Å². The molecule has 0 aliphatic carbocycles. The molecule has 0 aliphatic rings. The van der Waals surface area contributed by atoms with Gasteiger partial charge < -0.3 is 10.1 Å². The lowest BCUT2D eigenvalue weighted by molar-refractivity contribution is -0.122. The van der Waals surface area contributed by atoms with Crippen molar-refractivity contribution in [2.24, 2.45) is 0 Å². The molecule has 0 bridgehead atoms. The minimum absolute atomic E-state index is 0.349. The molecule has 1 N–H and O–H groups in total. The summed E-state index contributed by atoms with van der Waals surface area (Å²) >= 11 is 11.7. The van der Waals surface area contributed by atoms with E-state index in [-0.39, 0.29) is 11.7 Å². The summed E-state index contributed by atoms with van der Waals surface area (Å²) in [6, 6.07) is 10.2. The molecule has 0 radical (unpaired) electrons. The fraction of sp³-hybridized carbons (Fsp3) is 0.133. The minimum Gasteiger partial charge on any atom is -0.481 e. The molecule has 2 rings (SSSR count). The topological polar surface area (TPSA) is 38.3 Å². The van der Waals surface area contributed by atoms with Gasteiger partial charge in [-0.3, -0.25) is 4.79 Å². The molecule has 1 amide bonds. The van der Waals surface area contributed by atoms with E-state index in [1.54, 1.807) is 25.1 Å². The third-order valence-corrected chi connectivity index (χ3v) is 3.42. The molecule has 3 nitrogen and oxygen atoms in total. The highest BCUT2D eigenvalue weighted by Gasteiger charge is 2.15. The van der Waals surface area contributed by atoms with Crippen LogP contribution in [-0.4, -0.2) is 12.0 Å². The van der Waals surface area contributed by atoms with Crippen molar-refractivity contribution in [2.75, 3.05) is 5.32 Å². The molecule has 2 aromatic rings. The van der Waals surface area contributed by atoms with E-state index < -0.39 is 6.10 Å². The Balaban J connectivity index is 1.98. The highest BCUT2D eigenvalue weighted by Crippen LogP contribution is 2.25. The van der Waals surface area contributed by atoms with Crippen molar-refractivity contribution in [1.29, 1.82) is 0 Å². The van der Waals surface area contributed by atoms with Crippen LogP contribution in [0.25, 0.3) is 0 Å². The van der Waals surface area contributed by atoms with Crippen LogP contribution in [0.2, 0.25) is 10.0 Å². The smallest absolute Gasteiger partial charge is 0.265 e. The molecule has 2 aromatic carbocycles. The summed E-state index contributed by atoms with van der Waals surface area (Å²) in [4.78, 5) is 12.0. The molecule has 0 fully saturated rings. The van der Waals surface area contributed by atoms with Crippen molar-refractivity contribution in [3.05, 3.63) is 58.3 Å². The SMILES string of the molecule is C[C@H](Oc1ccc(F)cc1)C(=O)Nc1ccc(Cl)c(Cl)c1. The predicted octanol–water partition coefficient (Wildman–Crippen LogP) is 4.54. The van der Waals surface area contributed by atoms with Gasteiger partial charge >= 0.3 is 0 Å². The van der Waals surface area contributed by atoms with Crippen LogP contribution in [0.1, 0.15) is 6.92 Å². The van der Waals surface area contributed by atoms with Crippen LogP contribution >= 0.6 is 23.2 Å². The van der Waals surface area contributed by atoms with Crippen molar-refractivity contribution in [2.45, 2.75) is 13.0 Å². The first-order chi connectivity index (χ1) is 9.95. The third-order valence-electron chi connectivity index (χ3n) is 2.68. The average molecular weight is 328 g/mol. The molecule has 0 spiro atoms. The van der Waals surface area contributed by atoms with E-state index in [1.165, 1.54) is 24.3 Å². The second-order valence-corrected chi connectivity index (χ2v) is 5.15. The number of hydrogen-bond donors (Lipinski definition) is 1. The number of rotatable bonds is 4. The highest BCUT2D eigenvalue weighted by molar-refractivity contribution is 6.42. The zero-order chi connectivity index (χ0) is 15.4. The van der Waals surface area contributed by atoms with Gasteiger partial charge in [0.25, 0.3) is 5.91 Å². The van der Waals surface area contributed by atoms with E-state index in [0.717, 1.165) is 0 Å². The molecular formula is C15H12Cl2FNO2. The van der Waals surface area contributed by atoms with Crippen molar-refractivity contribution in [3.63, 3.8) is 0 Å². The summed E-state index contributed by atoms with van der Waals surface area (Å²) < 4.78 is 18.2. The quantitative estimate of drug-likeness (QED) is 0.895. The lowest BCUT2D eigenvalue weighted by Gasteiger charge is -2.15. The summed E-state index contributed by atoms with van der Waals surface area (Å²) in [7, 11) is 0. The number of hydrogen-bond acceptors (Lipinski definition) is 2. The van der Waals surface area contributed by atoms with Gasteiger partial charge in [0.1, 0.15) is 11.6 Å². The summed E-state index contributed by atoms with van der Waals surface area (Å²) in [5.41, 5.74) is 0.518. The Kier molecular flexibility index (Phi) is 5.04. The molecule has 0 unspecified atom stereocenters. The third kappa shape index (κ3) is 4.34. The monoisotopic (exact) mass is 327 g/mol. The van der Waals surface area contributed by atoms with Crippen molar-refractivity contribution in [3.8, 4) is 5.75 Å². The predicted molar refractivity (Wildman–Crippen MR) is 81.6 cm³/mol. The van der Waals surface area contributed by atoms with Gasteiger partial charge in [-0.25, -0.2) is 4.39 Å². The second kappa shape index (κ2) is 6.78. The van der Waals surface area contributed by atoms with E-state index in [4.69, 9.17) is 27.9 Å². The molecule has 110 valence electrons. The van der Waals surface area contributed by atoms with Crippen LogP contribution in [0.15, 0.2) is 42.5 Å². The molecule has 0 aromatic heterocycles. The highest BCUT2D eigenvalue weighted by atomic mass is 35.5. The number of anilines is 1. The largest absolute Gasteiger partial charge is 0.481 e. The standard InChI is InChI=1S/C15H12Cl2FNO2/c1-9(21-12-5-2-10(18)3-6-12)15(20)19-11-4-7-13(16)14(17)8-11/h2-9H,1H3,(H,19,20)/t9-/m0/s1. The maximum atomic E-state index is 12.8. The minimum atomic E-state index is -0.745. The summed E-state index contributed by atoms with van der Waals surface area (Å²) in [6.07, 6.45) is -0.745.